The van der Waals surface area contributed by atoms with Crippen LogP contribution in [0, 0.1) is 0 Å². The molecule has 0 aliphatic heterocycles. The van der Waals surface area contributed by atoms with Crippen molar-refractivity contribution in [3.8, 4) is 17.2 Å². The van der Waals surface area contributed by atoms with E-state index in [9.17, 15) is 9.90 Å². The van der Waals surface area contributed by atoms with Crippen LogP contribution in [-0.4, -0.2) is 58.6 Å². The molecule has 1 aromatic carbocycles. The van der Waals surface area contributed by atoms with Gasteiger partial charge in [0.2, 0.25) is 0 Å². The lowest BCUT2D eigenvalue weighted by atomic mass is 10.2. The van der Waals surface area contributed by atoms with E-state index < -0.39 is 12.1 Å². The molecule has 11 nitrogen and oxygen atoms in total. The molecule has 1 unspecified atom stereocenters. The minimum atomic E-state index is -0.861. The molecule has 0 spiro atoms. The van der Waals surface area contributed by atoms with Gasteiger partial charge in [0.25, 0.3) is 6.47 Å². The summed E-state index contributed by atoms with van der Waals surface area (Å²) in [4.78, 5) is 29.3. The second kappa shape index (κ2) is 9.59. The maximum Gasteiger partial charge on any atom is 0.338 e. The monoisotopic (exact) mass is 424 g/mol. The highest BCUT2D eigenvalue weighted by Crippen LogP contribution is 2.24. The summed E-state index contributed by atoms with van der Waals surface area (Å²) in [5, 5.41) is 25.6. The Morgan fingerprint density at radius 1 is 1.29 bits per heavy atom. The summed E-state index contributed by atoms with van der Waals surface area (Å²) in [5.74, 6) is 0.281. The first-order valence-corrected chi connectivity index (χ1v) is 9.29. The van der Waals surface area contributed by atoms with Crippen LogP contribution in [0.3, 0.4) is 0 Å². The molecule has 3 heterocycles. The summed E-state index contributed by atoms with van der Waals surface area (Å²) in [6, 6.07) is 10.5. The highest BCUT2D eigenvalue weighted by Gasteiger charge is 2.20. The topological polar surface area (TPSA) is 145 Å². The maximum absolute atomic E-state index is 12.1. The molecular weight excluding hydrogens is 404 g/mol. The largest absolute Gasteiger partial charge is 0.483 e. The predicted octanol–water partition coefficient (Wildman–Crippen LogP) is 1.91. The van der Waals surface area contributed by atoms with Crippen molar-refractivity contribution in [1.82, 2.24) is 29.4 Å². The molecule has 4 aromatic rings. The number of esters is 1. The van der Waals surface area contributed by atoms with Crippen LogP contribution in [0.5, 0.6) is 0 Å². The van der Waals surface area contributed by atoms with E-state index in [1.165, 1.54) is 0 Å². The second-order valence-corrected chi connectivity index (χ2v) is 6.19. The average molecular weight is 424 g/mol. The summed E-state index contributed by atoms with van der Waals surface area (Å²) >= 11 is 0. The molecule has 0 amide bonds. The van der Waals surface area contributed by atoms with E-state index in [1.54, 1.807) is 65.8 Å². The third-order valence-electron chi connectivity index (χ3n) is 4.11. The van der Waals surface area contributed by atoms with Crippen molar-refractivity contribution >= 4 is 18.1 Å². The molecule has 0 aliphatic carbocycles. The SMILES string of the molecule is CCOC(=O)c1cccc(-n2nc(C(C)O)nc2-c2cnc3cccnn23)c1.O=CO. The van der Waals surface area contributed by atoms with Gasteiger partial charge in [0.1, 0.15) is 11.8 Å². The average Bonchev–Trinajstić information content (AvgIpc) is 3.39. The number of aromatic nitrogens is 6. The van der Waals surface area contributed by atoms with E-state index in [1.807, 2.05) is 6.07 Å². The van der Waals surface area contributed by atoms with Gasteiger partial charge in [-0.1, -0.05) is 6.07 Å². The molecule has 4 rings (SSSR count). The van der Waals surface area contributed by atoms with Crippen molar-refractivity contribution in [2.45, 2.75) is 20.0 Å². The molecule has 0 radical (unpaired) electrons. The molecule has 11 heteroatoms. The van der Waals surface area contributed by atoms with Crippen molar-refractivity contribution in [3.63, 3.8) is 0 Å². The Hall–Kier alpha value is -4.12. The van der Waals surface area contributed by atoms with E-state index in [-0.39, 0.29) is 18.9 Å². The molecule has 2 N–H and O–H groups in total. The Bertz CT molecular complexity index is 1200. The van der Waals surface area contributed by atoms with E-state index in [2.05, 4.69) is 20.2 Å². The molecule has 1 atom stereocenters. The van der Waals surface area contributed by atoms with Crippen molar-refractivity contribution in [3.05, 3.63) is 60.2 Å². The molecule has 31 heavy (non-hydrogen) atoms. The number of carbonyl (C=O) groups is 2. The lowest BCUT2D eigenvalue weighted by Gasteiger charge is -2.07. The summed E-state index contributed by atoms with van der Waals surface area (Å²) in [7, 11) is 0. The Labute approximate surface area is 176 Å². The zero-order chi connectivity index (χ0) is 22.4. The Kier molecular flexibility index (Phi) is 6.67. The summed E-state index contributed by atoms with van der Waals surface area (Å²) in [6.45, 7) is 3.38. The number of hydrogen-bond donors (Lipinski definition) is 2. The number of rotatable bonds is 5. The highest BCUT2D eigenvalue weighted by atomic mass is 16.5. The van der Waals surface area contributed by atoms with Crippen molar-refractivity contribution in [2.24, 2.45) is 0 Å². The van der Waals surface area contributed by atoms with Gasteiger partial charge in [-0.2, -0.15) is 5.10 Å². The van der Waals surface area contributed by atoms with Crippen LogP contribution in [0.1, 0.15) is 36.1 Å². The van der Waals surface area contributed by atoms with Crippen LogP contribution in [0.4, 0.5) is 0 Å². The number of carbonyl (C=O) groups excluding carboxylic acids is 1. The highest BCUT2D eigenvalue weighted by molar-refractivity contribution is 5.90. The van der Waals surface area contributed by atoms with Gasteiger partial charge in [-0.15, -0.1) is 5.10 Å². The first-order chi connectivity index (χ1) is 15.0. The molecule has 160 valence electrons. The summed E-state index contributed by atoms with van der Waals surface area (Å²) < 4.78 is 8.27. The third-order valence-corrected chi connectivity index (χ3v) is 4.11. The number of hydrogen-bond acceptors (Lipinski definition) is 8. The molecular formula is C20H20N6O5. The van der Waals surface area contributed by atoms with Crippen LogP contribution in [0.15, 0.2) is 48.8 Å². The van der Waals surface area contributed by atoms with Gasteiger partial charge in [0.05, 0.1) is 24.1 Å². The number of benzene rings is 1. The molecule has 3 aromatic heterocycles. The fourth-order valence-corrected chi connectivity index (χ4v) is 2.81. The molecule has 0 fully saturated rings. The summed E-state index contributed by atoms with van der Waals surface area (Å²) in [6.07, 6.45) is 2.43. The number of nitrogens with zero attached hydrogens (tertiary/aromatic N) is 6. The Morgan fingerprint density at radius 3 is 2.77 bits per heavy atom. The molecule has 0 aliphatic rings. The van der Waals surface area contributed by atoms with Gasteiger partial charge >= 0.3 is 5.97 Å². The number of aliphatic hydroxyl groups is 1. The van der Waals surface area contributed by atoms with Crippen molar-refractivity contribution < 1.29 is 24.5 Å². The number of ether oxygens (including phenoxy) is 1. The van der Waals surface area contributed by atoms with Gasteiger partial charge in [-0.05, 0) is 44.2 Å². The number of imidazole rings is 1. The number of fused-ring (bicyclic) bond motifs is 1. The van der Waals surface area contributed by atoms with Crippen LogP contribution < -0.4 is 0 Å². The minimum Gasteiger partial charge on any atom is -0.483 e. The van der Waals surface area contributed by atoms with E-state index in [0.29, 0.717) is 28.4 Å². The second-order valence-electron chi connectivity index (χ2n) is 6.19. The Balaban J connectivity index is 0.000000858. The van der Waals surface area contributed by atoms with Gasteiger partial charge in [-0.3, -0.25) is 4.79 Å². The predicted molar refractivity (Wildman–Crippen MR) is 109 cm³/mol. The van der Waals surface area contributed by atoms with E-state index in [0.717, 1.165) is 0 Å². The third kappa shape index (κ3) is 4.56. The molecule has 0 bridgehead atoms. The zero-order valence-corrected chi connectivity index (χ0v) is 16.8. The molecule has 0 saturated heterocycles. The van der Waals surface area contributed by atoms with Gasteiger partial charge < -0.3 is 14.9 Å². The van der Waals surface area contributed by atoms with Crippen LogP contribution in [0.25, 0.3) is 22.9 Å². The lowest BCUT2D eigenvalue weighted by molar-refractivity contribution is -0.122. The van der Waals surface area contributed by atoms with E-state index >= 15 is 0 Å². The van der Waals surface area contributed by atoms with Gasteiger partial charge in [0.15, 0.2) is 17.3 Å². The van der Waals surface area contributed by atoms with Crippen LogP contribution >= 0.6 is 0 Å². The smallest absolute Gasteiger partial charge is 0.338 e. The van der Waals surface area contributed by atoms with Crippen LogP contribution in [-0.2, 0) is 9.53 Å². The fraction of sp³-hybridized carbons (Fsp3) is 0.200. The number of aliphatic hydroxyl groups excluding tert-OH is 1. The van der Waals surface area contributed by atoms with Gasteiger partial charge in [-0.25, -0.2) is 24.0 Å². The van der Waals surface area contributed by atoms with Crippen LogP contribution in [0.2, 0.25) is 0 Å². The maximum atomic E-state index is 12.1. The number of carboxylic acid groups (broad SMARTS) is 1. The fourth-order valence-electron chi connectivity index (χ4n) is 2.81. The standard InChI is InChI=1S/C19H18N6O3.CH2O2/c1-3-28-19(27)13-6-4-7-14(10-13)24-18(22-17(23-24)12(2)26)15-11-20-16-8-5-9-21-25(15)16;2-1-3/h4-12,26H,3H2,1-2H3;1H,(H,2,3). The van der Waals surface area contributed by atoms with Gasteiger partial charge in [0, 0.05) is 6.20 Å². The van der Waals surface area contributed by atoms with Crippen molar-refractivity contribution in [2.75, 3.05) is 6.61 Å². The quantitative estimate of drug-likeness (QED) is 0.362. The summed E-state index contributed by atoms with van der Waals surface area (Å²) in [5.41, 5.74) is 2.27. The lowest BCUT2D eigenvalue weighted by Crippen LogP contribution is -2.07. The van der Waals surface area contributed by atoms with E-state index in [4.69, 9.17) is 14.6 Å². The normalized spacial score (nSPS) is 11.5. The molecule has 0 saturated carbocycles. The first kappa shape index (κ1) is 21.6. The zero-order valence-electron chi connectivity index (χ0n) is 16.8. The van der Waals surface area contributed by atoms with Crippen molar-refractivity contribution in [1.29, 1.82) is 0 Å². The minimum absolute atomic E-state index is 0.250. The Morgan fingerprint density at radius 2 is 2.06 bits per heavy atom. The first-order valence-electron chi connectivity index (χ1n) is 9.29.